The Morgan fingerprint density at radius 1 is 1.21 bits per heavy atom. The number of benzene rings is 1. The number of halogens is 1. The zero-order valence-corrected chi connectivity index (χ0v) is 10.2. The van der Waals surface area contributed by atoms with E-state index in [2.05, 4.69) is 15.5 Å². The standard InChI is InChI=1S/C12H5ClN6/c13-12-11-8(2-1-3-9(11)18-19-12)17-10(6-16)7(4-14)5-15/h1-3,17H,(H,18,19). The number of anilines is 1. The van der Waals surface area contributed by atoms with E-state index < -0.39 is 0 Å². The summed E-state index contributed by atoms with van der Waals surface area (Å²) in [5.74, 6) is 0. The summed E-state index contributed by atoms with van der Waals surface area (Å²) in [5.41, 5.74) is 0.687. The average Bonchev–Trinajstić information content (AvgIpc) is 2.81. The van der Waals surface area contributed by atoms with Crippen molar-refractivity contribution in [3.8, 4) is 18.2 Å². The second-order valence-corrected chi connectivity index (χ2v) is 3.83. The van der Waals surface area contributed by atoms with Gasteiger partial charge in [0.1, 0.15) is 29.1 Å². The summed E-state index contributed by atoms with van der Waals surface area (Å²) in [5, 5.41) is 36.7. The lowest BCUT2D eigenvalue weighted by molar-refractivity contribution is 1.12. The fourth-order valence-corrected chi connectivity index (χ4v) is 1.79. The molecule has 0 unspecified atom stereocenters. The molecule has 1 aromatic carbocycles. The number of aromatic amines is 1. The Morgan fingerprint density at radius 2 is 1.95 bits per heavy atom. The number of allylic oxidation sites excluding steroid dienone is 2. The van der Waals surface area contributed by atoms with Crippen LogP contribution in [0.2, 0.25) is 5.15 Å². The molecule has 1 heterocycles. The minimum Gasteiger partial charge on any atom is -0.344 e. The maximum Gasteiger partial charge on any atom is 0.163 e. The molecule has 0 spiro atoms. The van der Waals surface area contributed by atoms with Gasteiger partial charge in [-0.2, -0.15) is 20.9 Å². The van der Waals surface area contributed by atoms with Crippen LogP contribution in [0.3, 0.4) is 0 Å². The fourth-order valence-electron chi connectivity index (χ4n) is 1.55. The van der Waals surface area contributed by atoms with Gasteiger partial charge in [0.15, 0.2) is 5.57 Å². The summed E-state index contributed by atoms with van der Waals surface area (Å²) in [6.07, 6.45) is 0. The normalized spacial score (nSPS) is 9.16. The molecule has 19 heavy (non-hydrogen) atoms. The maximum absolute atomic E-state index is 8.98. The molecule has 2 aromatic rings. The van der Waals surface area contributed by atoms with Gasteiger partial charge in [-0.05, 0) is 12.1 Å². The first kappa shape index (κ1) is 12.4. The lowest BCUT2D eigenvalue weighted by atomic mass is 10.2. The highest BCUT2D eigenvalue weighted by Crippen LogP contribution is 2.29. The number of aromatic nitrogens is 2. The molecule has 90 valence electrons. The number of fused-ring (bicyclic) bond motifs is 1. The van der Waals surface area contributed by atoms with Crippen molar-refractivity contribution in [3.63, 3.8) is 0 Å². The predicted molar refractivity (Wildman–Crippen MR) is 68.6 cm³/mol. The molecule has 1 aromatic heterocycles. The van der Waals surface area contributed by atoms with Gasteiger partial charge in [-0.15, -0.1) is 0 Å². The van der Waals surface area contributed by atoms with Crippen LogP contribution in [-0.4, -0.2) is 10.2 Å². The van der Waals surface area contributed by atoms with Crippen molar-refractivity contribution in [2.75, 3.05) is 5.32 Å². The van der Waals surface area contributed by atoms with Crippen LogP contribution in [0.15, 0.2) is 29.5 Å². The molecule has 0 aliphatic carbocycles. The van der Waals surface area contributed by atoms with Crippen LogP contribution in [0.25, 0.3) is 10.9 Å². The molecule has 0 amide bonds. The number of rotatable bonds is 2. The quantitative estimate of drug-likeness (QED) is 0.812. The topological polar surface area (TPSA) is 112 Å². The summed E-state index contributed by atoms with van der Waals surface area (Å²) in [7, 11) is 0. The third-order valence-corrected chi connectivity index (χ3v) is 2.66. The minimum atomic E-state index is -0.292. The zero-order valence-electron chi connectivity index (χ0n) is 9.40. The van der Waals surface area contributed by atoms with Crippen LogP contribution in [0.1, 0.15) is 0 Å². The van der Waals surface area contributed by atoms with E-state index in [1.165, 1.54) is 0 Å². The van der Waals surface area contributed by atoms with Crippen molar-refractivity contribution in [2.45, 2.75) is 0 Å². The Bertz CT molecular complexity index is 780. The molecular formula is C12H5ClN6. The van der Waals surface area contributed by atoms with Crippen molar-refractivity contribution < 1.29 is 0 Å². The molecule has 0 saturated heterocycles. The minimum absolute atomic E-state index is 0.130. The van der Waals surface area contributed by atoms with Gasteiger partial charge in [-0.1, -0.05) is 17.7 Å². The highest BCUT2D eigenvalue weighted by Gasteiger charge is 2.11. The van der Waals surface area contributed by atoms with Gasteiger partial charge in [-0.25, -0.2) is 0 Å². The van der Waals surface area contributed by atoms with Crippen molar-refractivity contribution in [1.82, 2.24) is 10.2 Å². The smallest absolute Gasteiger partial charge is 0.163 e. The monoisotopic (exact) mass is 268 g/mol. The van der Waals surface area contributed by atoms with Crippen LogP contribution in [0, 0.1) is 34.0 Å². The van der Waals surface area contributed by atoms with Crippen LogP contribution >= 0.6 is 11.6 Å². The first-order valence-corrected chi connectivity index (χ1v) is 5.43. The van der Waals surface area contributed by atoms with Crippen LogP contribution in [-0.2, 0) is 0 Å². The van der Waals surface area contributed by atoms with Gasteiger partial charge in [0.25, 0.3) is 0 Å². The molecule has 0 saturated carbocycles. The van der Waals surface area contributed by atoms with Crippen LogP contribution in [0.5, 0.6) is 0 Å². The van der Waals surface area contributed by atoms with E-state index in [1.54, 1.807) is 36.4 Å². The third-order valence-electron chi connectivity index (χ3n) is 2.38. The van der Waals surface area contributed by atoms with E-state index in [-0.39, 0.29) is 11.3 Å². The molecule has 2 N–H and O–H groups in total. The highest BCUT2D eigenvalue weighted by atomic mass is 35.5. The molecule has 0 radical (unpaired) electrons. The van der Waals surface area contributed by atoms with Gasteiger partial charge < -0.3 is 5.32 Å². The van der Waals surface area contributed by atoms with Crippen LogP contribution in [0.4, 0.5) is 5.69 Å². The Labute approximate surface area is 113 Å². The summed E-state index contributed by atoms with van der Waals surface area (Å²) in [6, 6.07) is 10.2. The Morgan fingerprint density at radius 3 is 2.58 bits per heavy atom. The van der Waals surface area contributed by atoms with Crippen LogP contribution < -0.4 is 5.32 Å². The van der Waals surface area contributed by atoms with E-state index in [0.29, 0.717) is 21.7 Å². The molecule has 2 rings (SSSR count). The molecule has 0 atom stereocenters. The number of hydrogen-bond acceptors (Lipinski definition) is 5. The number of nitriles is 3. The maximum atomic E-state index is 8.98. The van der Waals surface area contributed by atoms with E-state index in [0.717, 1.165) is 0 Å². The fraction of sp³-hybridized carbons (Fsp3) is 0. The van der Waals surface area contributed by atoms with Crippen molar-refractivity contribution >= 4 is 28.2 Å². The second kappa shape index (κ2) is 5.10. The first-order chi connectivity index (χ1) is 9.21. The van der Waals surface area contributed by atoms with Gasteiger partial charge in [-0.3, -0.25) is 5.10 Å². The molecule has 0 aliphatic rings. The predicted octanol–water partition coefficient (Wildman–Crippen LogP) is 2.45. The Balaban J connectivity index is 2.57. The number of hydrogen-bond donors (Lipinski definition) is 2. The van der Waals surface area contributed by atoms with Gasteiger partial charge in [0.2, 0.25) is 0 Å². The largest absolute Gasteiger partial charge is 0.344 e. The second-order valence-electron chi connectivity index (χ2n) is 3.45. The lowest BCUT2D eigenvalue weighted by Gasteiger charge is -2.05. The van der Waals surface area contributed by atoms with E-state index in [4.69, 9.17) is 27.4 Å². The number of nitrogens with zero attached hydrogens (tertiary/aromatic N) is 4. The molecule has 0 bridgehead atoms. The Kier molecular flexibility index (Phi) is 3.34. The summed E-state index contributed by atoms with van der Waals surface area (Å²) < 4.78 is 0. The van der Waals surface area contributed by atoms with E-state index in [9.17, 15) is 0 Å². The lowest BCUT2D eigenvalue weighted by Crippen LogP contribution is -2.00. The molecular weight excluding hydrogens is 264 g/mol. The number of H-pyrrole nitrogens is 1. The molecule has 0 aliphatic heterocycles. The number of nitrogens with one attached hydrogen (secondary N) is 2. The van der Waals surface area contributed by atoms with E-state index >= 15 is 0 Å². The summed E-state index contributed by atoms with van der Waals surface area (Å²) >= 11 is 5.96. The third kappa shape index (κ3) is 2.19. The summed E-state index contributed by atoms with van der Waals surface area (Å²) in [4.78, 5) is 0. The van der Waals surface area contributed by atoms with Crippen molar-refractivity contribution in [2.24, 2.45) is 0 Å². The molecule has 7 heteroatoms. The van der Waals surface area contributed by atoms with Gasteiger partial charge >= 0.3 is 0 Å². The SMILES string of the molecule is N#CC(C#N)=C(C#N)Nc1cccc2n[nH]c(Cl)c12. The van der Waals surface area contributed by atoms with E-state index in [1.807, 2.05) is 0 Å². The summed E-state index contributed by atoms with van der Waals surface area (Å²) in [6.45, 7) is 0. The molecule has 0 fully saturated rings. The van der Waals surface area contributed by atoms with Gasteiger partial charge in [0, 0.05) is 0 Å². The highest BCUT2D eigenvalue weighted by molar-refractivity contribution is 6.35. The molecule has 6 nitrogen and oxygen atoms in total. The van der Waals surface area contributed by atoms with Crippen molar-refractivity contribution in [1.29, 1.82) is 15.8 Å². The Hall–Kier alpha value is -3.01. The first-order valence-electron chi connectivity index (χ1n) is 5.05. The zero-order chi connectivity index (χ0) is 13.8. The average molecular weight is 269 g/mol. The van der Waals surface area contributed by atoms with Gasteiger partial charge in [0.05, 0.1) is 16.6 Å². The van der Waals surface area contributed by atoms with Crippen molar-refractivity contribution in [3.05, 3.63) is 34.6 Å².